The molecule has 2 fully saturated rings. The summed E-state index contributed by atoms with van der Waals surface area (Å²) < 4.78 is 5.25. The summed E-state index contributed by atoms with van der Waals surface area (Å²) in [5, 5.41) is 13.3. The highest BCUT2D eigenvalue weighted by atomic mass is 16.5. The number of methoxy groups -OCH3 is 1. The minimum atomic E-state index is -1.03. The van der Waals surface area contributed by atoms with Gasteiger partial charge in [-0.15, -0.1) is 0 Å². The molecule has 1 aromatic rings. The molecule has 1 aliphatic carbocycles. The molecule has 2 aliphatic rings. The molecule has 1 aromatic carbocycles. The zero-order valence-corrected chi connectivity index (χ0v) is 17.3. The van der Waals surface area contributed by atoms with Gasteiger partial charge in [0.25, 0.3) is 0 Å². The molecule has 0 spiro atoms. The van der Waals surface area contributed by atoms with Crippen LogP contribution >= 0.6 is 0 Å². The van der Waals surface area contributed by atoms with Gasteiger partial charge in [0.15, 0.2) is 0 Å². The first kappa shape index (κ1) is 20.6. The smallest absolute Gasteiger partial charge is 0.324 e. The quantitative estimate of drug-likeness (QED) is 0.714. The Morgan fingerprint density at radius 1 is 1.25 bits per heavy atom. The number of carboxylic acids is 1. The Labute approximate surface area is 167 Å². The lowest BCUT2D eigenvalue weighted by molar-refractivity contribution is -0.150. The number of carbonyl (C=O) groups excluding carboxylic acids is 1. The van der Waals surface area contributed by atoms with Crippen LogP contribution in [0.4, 0.5) is 0 Å². The highest BCUT2D eigenvalue weighted by Crippen LogP contribution is 2.49. The Hall–Kier alpha value is -2.08. The van der Waals surface area contributed by atoms with Crippen LogP contribution in [-0.2, 0) is 9.59 Å². The van der Waals surface area contributed by atoms with Gasteiger partial charge >= 0.3 is 5.97 Å². The van der Waals surface area contributed by atoms with Crippen molar-refractivity contribution < 1.29 is 19.4 Å². The first-order chi connectivity index (χ1) is 13.3. The number of nitrogens with one attached hydrogen (secondary N) is 1. The van der Waals surface area contributed by atoms with Gasteiger partial charge in [0.05, 0.1) is 13.0 Å². The Balaban J connectivity index is 1.93. The van der Waals surface area contributed by atoms with E-state index >= 15 is 0 Å². The summed E-state index contributed by atoms with van der Waals surface area (Å²) in [6, 6.07) is 7.33. The summed E-state index contributed by atoms with van der Waals surface area (Å²) in [4.78, 5) is 27.4. The normalized spacial score (nSPS) is 28.7. The van der Waals surface area contributed by atoms with Crippen LogP contribution in [0.5, 0.6) is 5.75 Å². The van der Waals surface area contributed by atoms with Crippen molar-refractivity contribution in [2.45, 2.75) is 69.5 Å². The summed E-state index contributed by atoms with van der Waals surface area (Å²) in [7, 11) is 3.45. The maximum absolute atomic E-state index is 13.3. The number of hydrogen-bond donors (Lipinski definition) is 2. The van der Waals surface area contributed by atoms with Crippen LogP contribution in [0.2, 0.25) is 0 Å². The Morgan fingerprint density at radius 3 is 2.36 bits per heavy atom. The third-order valence-electron chi connectivity index (χ3n) is 6.78. The molecule has 1 amide bonds. The molecule has 0 radical (unpaired) electrons. The predicted octanol–water partition coefficient (Wildman–Crippen LogP) is 3.37. The van der Waals surface area contributed by atoms with Crippen molar-refractivity contribution in [1.29, 1.82) is 0 Å². The van der Waals surface area contributed by atoms with Crippen molar-refractivity contribution in [2.75, 3.05) is 14.2 Å². The van der Waals surface area contributed by atoms with Crippen molar-refractivity contribution in [3.63, 3.8) is 0 Å². The molecular weight excluding hydrogens is 356 g/mol. The summed E-state index contributed by atoms with van der Waals surface area (Å²) in [6.45, 7) is 4.01. The first-order valence-corrected chi connectivity index (χ1v) is 10.2. The largest absolute Gasteiger partial charge is 0.497 e. The van der Waals surface area contributed by atoms with Gasteiger partial charge in [-0.05, 0) is 56.8 Å². The minimum absolute atomic E-state index is 0.0183. The zero-order chi connectivity index (χ0) is 20.5. The van der Waals surface area contributed by atoms with E-state index in [0.29, 0.717) is 12.8 Å². The highest BCUT2D eigenvalue weighted by molar-refractivity contribution is 5.86. The summed E-state index contributed by atoms with van der Waals surface area (Å²) >= 11 is 0. The average Bonchev–Trinajstić information content (AvgIpc) is 3.36. The second-order valence-electron chi connectivity index (χ2n) is 8.35. The molecular formula is C22H32N2O4. The first-order valence-electron chi connectivity index (χ1n) is 10.2. The van der Waals surface area contributed by atoms with Crippen LogP contribution in [0.1, 0.15) is 64.0 Å². The van der Waals surface area contributed by atoms with E-state index in [0.717, 1.165) is 37.0 Å². The van der Waals surface area contributed by atoms with E-state index in [-0.39, 0.29) is 17.5 Å². The SMILES string of the molecule is CCCC1(NC(=O)[C@@H]2C[C@](CC)(C(=O)O)N(C)[C@@H]2c2ccc(OC)cc2)CC1. The van der Waals surface area contributed by atoms with Gasteiger partial charge in [-0.2, -0.15) is 0 Å². The van der Waals surface area contributed by atoms with Crippen molar-refractivity contribution in [3.8, 4) is 5.75 Å². The number of aliphatic carboxylic acids is 1. The van der Waals surface area contributed by atoms with Gasteiger partial charge in [0.2, 0.25) is 5.91 Å². The van der Waals surface area contributed by atoms with Gasteiger partial charge in [-0.25, -0.2) is 0 Å². The van der Waals surface area contributed by atoms with Gasteiger partial charge in [-0.3, -0.25) is 14.5 Å². The molecule has 6 nitrogen and oxygen atoms in total. The van der Waals surface area contributed by atoms with Crippen LogP contribution in [0.25, 0.3) is 0 Å². The standard InChI is InChI=1S/C22H32N2O4/c1-5-11-21(12-13-21)23-19(25)17-14-22(6-2,20(26)27)24(3)18(17)15-7-9-16(28-4)10-8-15/h7-10,17-18H,5-6,11-14H2,1-4H3,(H,23,25)(H,26,27)/t17-,18-,22-/m1/s1. The minimum Gasteiger partial charge on any atom is -0.497 e. The van der Waals surface area contributed by atoms with E-state index in [9.17, 15) is 14.7 Å². The number of carbonyl (C=O) groups is 2. The highest BCUT2D eigenvalue weighted by Gasteiger charge is 2.57. The number of nitrogens with zero attached hydrogens (tertiary/aromatic N) is 1. The molecule has 28 heavy (non-hydrogen) atoms. The molecule has 3 atom stereocenters. The van der Waals surface area contributed by atoms with Crippen LogP contribution in [0.15, 0.2) is 24.3 Å². The van der Waals surface area contributed by atoms with Crippen molar-refractivity contribution >= 4 is 11.9 Å². The lowest BCUT2D eigenvalue weighted by Gasteiger charge is -2.34. The molecule has 1 aliphatic heterocycles. The number of likely N-dealkylation sites (tertiary alicyclic amines) is 1. The third kappa shape index (κ3) is 3.50. The fourth-order valence-electron chi connectivity index (χ4n) is 4.85. The lowest BCUT2D eigenvalue weighted by atomic mass is 9.86. The van der Waals surface area contributed by atoms with Gasteiger partial charge in [0, 0.05) is 11.6 Å². The molecule has 0 unspecified atom stereocenters. The van der Waals surface area contributed by atoms with Crippen molar-refractivity contribution in [1.82, 2.24) is 10.2 Å². The molecule has 1 heterocycles. The van der Waals surface area contributed by atoms with Crippen LogP contribution in [0.3, 0.4) is 0 Å². The van der Waals surface area contributed by atoms with Crippen LogP contribution in [0, 0.1) is 5.92 Å². The maximum Gasteiger partial charge on any atom is 0.324 e. The number of hydrogen-bond acceptors (Lipinski definition) is 4. The van der Waals surface area contributed by atoms with Gasteiger partial charge < -0.3 is 15.2 Å². The monoisotopic (exact) mass is 388 g/mol. The Kier molecular flexibility index (Phi) is 5.71. The number of carboxylic acid groups (broad SMARTS) is 1. The molecule has 2 N–H and O–H groups in total. The molecule has 6 heteroatoms. The summed E-state index contributed by atoms with van der Waals surface area (Å²) in [5.41, 5.74) is -0.163. The Morgan fingerprint density at radius 2 is 1.89 bits per heavy atom. The van der Waals surface area contributed by atoms with Gasteiger partial charge in [0.1, 0.15) is 11.3 Å². The van der Waals surface area contributed by atoms with E-state index in [1.807, 2.05) is 43.1 Å². The maximum atomic E-state index is 13.3. The van der Waals surface area contributed by atoms with E-state index < -0.39 is 17.4 Å². The van der Waals surface area contributed by atoms with Crippen molar-refractivity contribution in [2.24, 2.45) is 5.92 Å². The number of ether oxygens (including phenoxy) is 1. The van der Waals surface area contributed by atoms with E-state index in [1.165, 1.54) is 0 Å². The molecule has 3 rings (SSSR count). The van der Waals surface area contributed by atoms with E-state index in [4.69, 9.17) is 4.74 Å². The fourth-order valence-corrected chi connectivity index (χ4v) is 4.85. The topological polar surface area (TPSA) is 78.9 Å². The van der Waals surface area contributed by atoms with Crippen molar-refractivity contribution in [3.05, 3.63) is 29.8 Å². The van der Waals surface area contributed by atoms with Gasteiger partial charge in [-0.1, -0.05) is 32.4 Å². The molecule has 1 saturated heterocycles. The number of amides is 1. The molecule has 0 bridgehead atoms. The number of rotatable bonds is 8. The average molecular weight is 389 g/mol. The molecule has 154 valence electrons. The third-order valence-corrected chi connectivity index (χ3v) is 6.78. The lowest BCUT2D eigenvalue weighted by Crippen LogP contribution is -2.48. The predicted molar refractivity (Wildman–Crippen MR) is 107 cm³/mol. The van der Waals surface area contributed by atoms with Crippen LogP contribution in [-0.4, -0.2) is 47.1 Å². The number of likely N-dealkylation sites (N-methyl/N-ethyl adjacent to an activating group) is 1. The molecule has 0 aromatic heterocycles. The Bertz CT molecular complexity index is 729. The fraction of sp³-hybridized carbons (Fsp3) is 0.636. The van der Waals surface area contributed by atoms with Crippen LogP contribution < -0.4 is 10.1 Å². The summed E-state index contributed by atoms with van der Waals surface area (Å²) in [6.07, 6.45) is 4.81. The summed E-state index contributed by atoms with van der Waals surface area (Å²) in [5.74, 6) is -0.537. The molecule has 1 saturated carbocycles. The second-order valence-corrected chi connectivity index (χ2v) is 8.35. The number of benzene rings is 1. The van der Waals surface area contributed by atoms with E-state index in [1.54, 1.807) is 7.11 Å². The zero-order valence-electron chi connectivity index (χ0n) is 17.3. The second kappa shape index (κ2) is 7.74. The van der Waals surface area contributed by atoms with E-state index in [2.05, 4.69) is 12.2 Å².